The van der Waals surface area contributed by atoms with Gasteiger partial charge in [-0.15, -0.1) is 0 Å². The highest BCUT2D eigenvalue weighted by atomic mass is 32.1. The largest absolute Gasteiger partial charge is 0.468 e. The number of fused-ring (bicyclic) bond motifs is 1. The van der Waals surface area contributed by atoms with Crippen molar-refractivity contribution in [1.29, 1.82) is 0 Å². The third kappa shape index (κ3) is 3.72. The first-order chi connectivity index (χ1) is 12.4. The lowest BCUT2D eigenvalue weighted by atomic mass is 10.3. The summed E-state index contributed by atoms with van der Waals surface area (Å²) >= 11 is 1.14. The smallest absolute Gasteiger partial charge is 0.325 e. The van der Waals surface area contributed by atoms with Gasteiger partial charge in [-0.3, -0.25) is 14.3 Å². The monoisotopic (exact) mass is 376 g/mol. The molecule has 1 aromatic carbocycles. The van der Waals surface area contributed by atoms with Gasteiger partial charge in [-0.2, -0.15) is 10.1 Å². The normalized spacial score (nSPS) is 11.9. The zero-order valence-corrected chi connectivity index (χ0v) is 15.3. The maximum Gasteiger partial charge on any atom is 0.325 e. The van der Waals surface area contributed by atoms with Crippen molar-refractivity contribution < 1.29 is 18.7 Å². The molecule has 0 saturated heterocycles. The minimum atomic E-state index is -0.485. The third-order valence-corrected chi connectivity index (χ3v) is 4.81. The van der Waals surface area contributed by atoms with Gasteiger partial charge in [-0.05, 0) is 38.1 Å². The van der Waals surface area contributed by atoms with Crippen LogP contribution in [0, 0.1) is 19.7 Å². The van der Waals surface area contributed by atoms with E-state index in [2.05, 4.69) is 10.1 Å². The predicted octanol–water partition coefficient (Wildman–Crippen LogP) is 1.96. The summed E-state index contributed by atoms with van der Waals surface area (Å²) in [6.45, 7) is 3.57. The molecule has 1 amide bonds. The summed E-state index contributed by atoms with van der Waals surface area (Å²) in [5, 5.41) is 4.24. The molecule has 0 aliphatic rings. The number of aromatic nitrogens is 3. The van der Waals surface area contributed by atoms with Crippen LogP contribution in [0.3, 0.4) is 0 Å². The topological polar surface area (TPSA) is 78.5 Å². The van der Waals surface area contributed by atoms with Crippen molar-refractivity contribution in [3.05, 3.63) is 46.3 Å². The molecule has 2 heterocycles. The Labute approximate surface area is 152 Å². The van der Waals surface area contributed by atoms with Gasteiger partial charge in [0.05, 0.1) is 23.0 Å². The van der Waals surface area contributed by atoms with E-state index >= 15 is 0 Å². The molecular weight excluding hydrogens is 359 g/mol. The number of nitrogens with zero attached hydrogens (tertiary/aromatic N) is 4. The van der Waals surface area contributed by atoms with Crippen molar-refractivity contribution in [1.82, 2.24) is 14.3 Å². The van der Waals surface area contributed by atoms with Gasteiger partial charge in [0.15, 0.2) is 4.80 Å². The van der Waals surface area contributed by atoms with Crippen LogP contribution in [-0.2, 0) is 27.4 Å². The second-order valence-electron chi connectivity index (χ2n) is 5.75. The number of hydrogen-bond acceptors (Lipinski definition) is 5. The van der Waals surface area contributed by atoms with E-state index in [0.717, 1.165) is 22.7 Å². The molecule has 0 aliphatic heterocycles. The number of rotatable bonds is 4. The molecule has 0 atom stereocenters. The molecule has 0 bridgehead atoms. The molecule has 26 heavy (non-hydrogen) atoms. The van der Waals surface area contributed by atoms with Gasteiger partial charge in [-0.25, -0.2) is 4.39 Å². The van der Waals surface area contributed by atoms with Crippen molar-refractivity contribution in [3.63, 3.8) is 0 Å². The van der Waals surface area contributed by atoms with E-state index in [1.54, 1.807) is 15.3 Å². The number of carbonyl (C=O) groups excluding carboxylic acids is 2. The minimum Gasteiger partial charge on any atom is -0.468 e. The van der Waals surface area contributed by atoms with E-state index in [4.69, 9.17) is 4.74 Å². The highest BCUT2D eigenvalue weighted by Crippen LogP contribution is 2.18. The van der Waals surface area contributed by atoms with Gasteiger partial charge in [0.25, 0.3) is 5.91 Å². The van der Waals surface area contributed by atoms with Crippen LogP contribution in [0.4, 0.5) is 4.39 Å². The fourth-order valence-corrected chi connectivity index (χ4v) is 3.66. The molecule has 0 N–H and O–H groups in total. The molecule has 0 radical (unpaired) electrons. The van der Waals surface area contributed by atoms with Crippen molar-refractivity contribution in [2.45, 2.75) is 26.9 Å². The number of amides is 1. The predicted molar refractivity (Wildman–Crippen MR) is 94.1 cm³/mol. The Balaban J connectivity index is 2.02. The SMILES string of the molecule is COC(=O)Cn1c(=NC(=O)Cn2nc(C)cc2C)sc2cc(F)ccc21. The van der Waals surface area contributed by atoms with Crippen molar-refractivity contribution in [2.24, 2.45) is 4.99 Å². The van der Waals surface area contributed by atoms with Crippen molar-refractivity contribution in [3.8, 4) is 0 Å². The number of esters is 1. The van der Waals surface area contributed by atoms with Gasteiger partial charge < -0.3 is 9.30 Å². The zero-order valence-electron chi connectivity index (χ0n) is 14.5. The van der Waals surface area contributed by atoms with E-state index in [9.17, 15) is 14.0 Å². The third-order valence-electron chi connectivity index (χ3n) is 3.77. The van der Waals surface area contributed by atoms with Gasteiger partial charge in [-0.1, -0.05) is 11.3 Å². The maximum atomic E-state index is 13.5. The number of ether oxygens (including phenoxy) is 1. The Morgan fingerprint density at radius 3 is 2.69 bits per heavy atom. The van der Waals surface area contributed by atoms with Crippen LogP contribution in [0.15, 0.2) is 29.3 Å². The highest BCUT2D eigenvalue weighted by molar-refractivity contribution is 7.16. The molecule has 0 spiro atoms. The number of thiazole rings is 1. The second kappa shape index (κ2) is 7.20. The summed E-state index contributed by atoms with van der Waals surface area (Å²) in [6.07, 6.45) is 0. The summed E-state index contributed by atoms with van der Waals surface area (Å²) in [5.74, 6) is -1.30. The average Bonchev–Trinajstić information content (AvgIpc) is 3.06. The Bertz CT molecular complexity index is 1060. The van der Waals surface area contributed by atoms with E-state index in [-0.39, 0.29) is 13.1 Å². The lowest BCUT2D eigenvalue weighted by Crippen LogP contribution is -2.23. The number of halogens is 1. The molecule has 7 nitrogen and oxygen atoms in total. The Morgan fingerprint density at radius 1 is 1.27 bits per heavy atom. The fraction of sp³-hybridized carbons (Fsp3) is 0.294. The first-order valence-electron chi connectivity index (χ1n) is 7.81. The second-order valence-corrected chi connectivity index (χ2v) is 6.76. The highest BCUT2D eigenvalue weighted by Gasteiger charge is 2.13. The number of benzene rings is 1. The summed E-state index contributed by atoms with van der Waals surface area (Å²) in [5.41, 5.74) is 2.28. The molecule has 3 rings (SSSR count). The van der Waals surface area contributed by atoms with Crippen LogP contribution >= 0.6 is 11.3 Å². The molecular formula is C17H17FN4O3S. The summed E-state index contributed by atoms with van der Waals surface area (Å²) < 4.78 is 21.9. The van der Waals surface area contributed by atoms with Gasteiger partial charge in [0.1, 0.15) is 18.9 Å². The van der Waals surface area contributed by atoms with Crippen LogP contribution in [-0.4, -0.2) is 33.3 Å². The lowest BCUT2D eigenvalue weighted by molar-refractivity contribution is -0.141. The minimum absolute atomic E-state index is 0.0134. The molecule has 9 heteroatoms. The van der Waals surface area contributed by atoms with E-state index in [1.165, 1.54) is 19.2 Å². The van der Waals surface area contributed by atoms with Crippen molar-refractivity contribution in [2.75, 3.05) is 7.11 Å². The van der Waals surface area contributed by atoms with E-state index < -0.39 is 17.7 Å². The standard InChI is InChI=1S/C17H17FN4O3S/c1-10-6-11(2)22(20-10)8-15(23)19-17-21(9-16(24)25-3)13-5-4-12(18)7-14(13)26-17/h4-7H,8-9H2,1-3H3. The number of carbonyl (C=O) groups is 2. The number of methoxy groups -OCH3 is 1. The molecule has 3 aromatic rings. The van der Waals surface area contributed by atoms with Gasteiger partial charge >= 0.3 is 5.97 Å². The maximum absolute atomic E-state index is 13.5. The number of aryl methyl sites for hydroxylation is 2. The Hall–Kier alpha value is -2.81. The lowest BCUT2D eigenvalue weighted by Gasteiger charge is -2.04. The van der Waals surface area contributed by atoms with Crippen molar-refractivity contribution >= 4 is 33.4 Å². The van der Waals surface area contributed by atoms with Gasteiger partial charge in [0.2, 0.25) is 0 Å². The Morgan fingerprint density at radius 2 is 2.04 bits per heavy atom. The molecule has 0 fully saturated rings. The quantitative estimate of drug-likeness (QED) is 0.652. The fourth-order valence-electron chi connectivity index (χ4n) is 2.58. The van der Waals surface area contributed by atoms with Crippen LogP contribution in [0.2, 0.25) is 0 Å². The molecule has 2 aromatic heterocycles. The van der Waals surface area contributed by atoms with Gasteiger partial charge in [0, 0.05) is 5.69 Å². The average molecular weight is 376 g/mol. The zero-order chi connectivity index (χ0) is 18.8. The van der Waals surface area contributed by atoms with E-state index in [0.29, 0.717) is 15.0 Å². The van der Waals surface area contributed by atoms with Crippen LogP contribution in [0.25, 0.3) is 10.2 Å². The molecule has 136 valence electrons. The number of hydrogen-bond donors (Lipinski definition) is 0. The molecule has 0 unspecified atom stereocenters. The molecule has 0 saturated carbocycles. The summed E-state index contributed by atoms with van der Waals surface area (Å²) in [4.78, 5) is 28.5. The van der Waals surface area contributed by atoms with Crippen LogP contribution in [0.5, 0.6) is 0 Å². The van der Waals surface area contributed by atoms with Crippen LogP contribution < -0.4 is 4.80 Å². The first-order valence-corrected chi connectivity index (χ1v) is 8.63. The summed E-state index contributed by atoms with van der Waals surface area (Å²) in [7, 11) is 1.28. The van der Waals surface area contributed by atoms with E-state index in [1.807, 2.05) is 19.9 Å². The Kier molecular flexibility index (Phi) is 4.99. The van der Waals surface area contributed by atoms with Crippen LogP contribution in [0.1, 0.15) is 11.4 Å². The molecule has 0 aliphatic carbocycles. The summed E-state index contributed by atoms with van der Waals surface area (Å²) in [6, 6.07) is 6.06. The first kappa shape index (κ1) is 18.0.